The Kier molecular flexibility index (Phi) is 6.61. The Morgan fingerprint density at radius 3 is 1.72 bits per heavy atom. The van der Waals surface area contributed by atoms with Crippen LogP contribution < -0.4 is 0 Å². The highest BCUT2D eigenvalue weighted by Gasteiger charge is 2.46. The van der Waals surface area contributed by atoms with Crippen molar-refractivity contribution >= 4 is 31.5 Å². The van der Waals surface area contributed by atoms with Gasteiger partial charge in [0, 0.05) is 36.9 Å². The van der Waals surface area contributed by atoms with Gasteiger partial charge in [0.15, 0.2) is 5.82 Å². The predicted molar refractivity (Wildman–Crippen MR) is 209 cm³/mol. The molecule has 0 fully saturated rings. The fraction of sp³-hybridized carbons (Fsp3) is 0.0213. The van der Waals surface area contributed by atoms with Crippen LogP contribution in [-0.4, -0.2) is 9.97 Å². The average Bonchev–Trinajstić information content (AvgIpc) is 3.73. The van der Waals surface area contributed by atoms with Gasteiger partial charge in [0.2, 0.25) is 0 Å². The van der Waals surface area contributed by atoms with Crippen molar-refractivity contribution < 1.29 is 0 Å². The number of rotatable bonds is 5. The van der Waals surface area contributed by atoms with E-state index in [0.29, 0.717) is 0 Å². The van der Waals surface area contributed by atoms with E-state index >= 15 is 0 Å². The molecule has 234 valence electrons. The van der Waals surface area contributed by atoms with E-state index < -0.39 is 5.41 Å². The van der Waals surface area contributed by atoms with Crippen LogP contribution >= 0.6 is 11.3 Å². The normalized spacial score (nSPS) is 13.0. The SMILES string of the molecule is c1ccc(-c2nc(-c3cccc4c3-c3ccccc3C4(c3ccccc3)c3ccccc3)cc(-c3cccc4c3sc3ccccc34)n2)cc1. The van der Waals surface area contributed by atoms with Crippen LogP contribution in [-0.2, 0) is 5.41 Å². The molecule has 10 rings (SSSR count). The van der Waals surface area contributed by atoms with Crippen LogP contribution in [0.1, 0.15) is 22.3 Å². The maximum atomic E-state index is 5.36. The van der Waals surface area contributed by atoms with Crippen molar-refractivity contribution in [2.75, 3.05) is 0 Å². The van der Waals surface area contributed by atoms with E-state index in [0.717, 1.165) is 33.9 Å². The average molecular weight is 655 g/mol. The molecule has 9 aromatic rings. The van der Waals surface area contributed by atoms with Gasteiger partial charge in [-0.1, -0.05) is 170 Å². The molecular formula is C47H30N2S. The highest BCUT2D eigenvalue weighted by atomic mass is 32.1. The van der Waals surface area contributed by atoms with Crippen molar-refractivity contribution in [2.45, 2.75) is 5.41 Å². The van der Waals surface area contributed by atoms with Crippen LogP contribution in [0.3, 0.4) is 0 Å². The maximum absolute atomic E-state index is 5.36. The lowest BCUT2D eigenvalue weighted by Crippen LogP contribution is -2.28. The van der Waals surface area contributed by atoms with Crippen LogP contribution in [0.2, 0.25) is 0 Å². The molecule has 0 bridgehead atoms. The third-order valence-corrected chi connectivity index (χ3v) is 11.4. The summed E-state index contributed by atoms with van der Waals surface area (Å²) in [5.74, 6) is 0.720. The summed E-state index contributed by atoms with van der Waals surface area (Å²) in [5, 5.41) is 2.54. The second-order valence-electron chi connectivity index (χ2n) is 12.9. The van der Waals surface area contributed by atoms with Crippen molar-refractivity contribution in [3.8, 4) is 45.0 Å². The fourth-order valence-corrected chi connectivity index (χ4v) is 9.32. The lowest BCUT2D eigenvalue weighted by atomic mass is 9.67. The first kappa shape index (κ1) is 28.8. The standard InChI is InChI=1S/C47H30N2S/c1-4-16-31(17-5-1)46-48-41(30-42(49-46)38-26-14-24-35-34-22-11-13-29-43(34)50-45(35)38)37-25-15-28-40-44(37)36-23-10-12-27-39(36)47(40,32-18-6-2-7-19-32)33-20-8-3-9-21-33/h1-30H. The quantitative estimate of drug-likeness (QED) is 0.185. The first-order chi connectivity index (χ1) is 24.8. The van der Waals surface area contributed by atoms with E-state index in [9.17, 15) is 0 Å². The summed E-state index contributed by atoms with van der Waals surface area (Å²) >= 11 is 1.83. The van der Waals surface area contributed by atoms with Gasteiger partial charge in [-0.2, -0.15) is 0 Å². The minimum atomic E-state index is -0.481. The summed E-state index contributed by atoms with van der Waals surface area (Å²) in [6.07, 6.45) is 0. The summed E-state index contributed by atoms with van der Waals surface area (Å²) in [6.45, 7) is 0. The first-order valence-electron chi connectivity index (χ1n) is 17.0. The van der Waals surface area contributed by atoms with Gasteiger partial charge in [-0.05, 0) is 45.5 Å². The topological polar surface area (TPSA) is 25.8 Å². The van der Waals surface area contributed by atoms with Gasteiger partial charge in [0.1, 0.15) is 0 Å². The molecule has 0 radical (unpaired) electrons. The van der Waals surface area contributed by atoms with Gasteiger partial charge in [0.25, 0.3) is 0 Å². The highest BCUT2D eigenvalue weighted by molar-refractivity contribution is 7.26. The van der Waals surface area contributed by atoms with E-state index in [1.165, 1.54) is 53.6 Å². The molecule has 50 heavy (non-hydrogen) atoms. The maximum Gasteiger partial charge on any atom is 0.160 e. The smallest absolute Gasteiger partial charge is 0.160 e. The molecule has 2 nitrogen and oxygen atoms in total. The van der Waals surface area contributed by atoms with Crippen molar-refractivity contribution in [3.05, 3.63) is 204 Å². The van der Waals surface area contributed by atoms with Crippen LogP contribution in [0.4, 0.5) is 0 Å². The molecule has 2 aromatic heterocycles. The van der Waals surface area contributed by atoms with Gasteiger partial charge in [-0.25, -0.2) is 9.97 Å². The predicted octanol–water partition coefficient (Wildman–Crippen LogP) is 12.2. The number of benzene rings is 7. The summed E-state index contributed by atoms with van der Waals surface area (Å²) in [7, 11) is 0. The zero-order chi connectivity index (χ0) is 33.1. The lowest BCUT2D eigenvalue weighted by Gasteiger charge is -2.33. The van der Waals surface area contributed by atoms with Gasteiger partial charge in [0.05, 0.1) is 16.8 Å². The molecule has 2 heterocycles. The summed E-state index contributed by atoms with van der Waals surface area (Å²) in [5.41, 5.74) is 12.1. The fourth-order valence-electron chi connectivity index (χ4n) is 8.10. The molecule has 0 spiro atoms. The van der Waals surface area contributed by atoms with Gasteiger partial charge in [-0.3, -0.25) is 0 Å². The van der Waals surface area contributed by atoms with Gasteiger partial charge >= 0.3 is 0 Å². The van der Waals surface area contributed by atoms with Crippen LogP contribution in [0, 0.1) is 0 Å². The van der Waals surface area contributed by atoms with Crippen LogP contribution in [0.15, 0.2) is 182 Å². The number of thiophene rings is 1. The Hall–Kier alpha value is -6.16. The van der Waals surface area contributed by atoms with Crippen LogP contribution in [0.5, 0.6) is 0 Å². The minimum Gasteiger partial charge on any atom is -0.228 e. The molecule has 0 N–H and O–H groups in total. The molecule has 0 aliphatic heterocycles. The molecule has 1 aliphatic carbocycles. The molecule has 0 atom stereocenters. The number of hydrogen-bond donors (Lipinski definition) is 0. The van der Waals surface area contributed by atoms with Crippen molar-refractivity contribution in [1.29, 1.82) is 0 Å². The van der Waals surface area contributed by atoms with Crippen molar-refractivity contribution in [1.82, 2.24) is 9.97 Å². The number of hydrogen-bond acceptors (Lipinski definition) is 3. The second-order valence-corrected chi connectivity index (χ2v) is 13.9. The number of aromatic nitrogens is 2. The zero-order valence-electron chi connectivity index (χ0n) is 27.1. The summed E-state index contributed by atoms with van der Waals surface area (Å²) in [6, 6.07) is 65.4. The summed E-state index contributed by atoms with van der Waals surface area (Å²) in [4.78, 5) is 10.6. The monoisotopic (exact) mass is 654 g/mol. The molecule has 0 saturated carbocycles. The van der Waals surface area contributed by atoms with E-state index in [1.54, 1.807) is 0 Å². The first-order valence-corrected chi connectivity index (χ1v) is 17.8. The Bertz CT molecular complexity index is 2660. The largest absolute Gasteiger partial charge is 0.228 e. The number of fused-ring (bicyclic) bond motifs is 6. The van der Waals surface area contributed by atoms with Gasteiger partial charge in [-0.15, -0.1) is 11.3 Å². The molecule has 7 aromatic carbocycles. The Labute approximate surface area is 295 Å². The van der Waals surface area contributed by atoms with E-state index in [-0.39, 0.29) is 0 Å². The van der Waals surface area contributed by atoms with E-state index in [4.69, 9.17) is 9.97 Å². The zero-order valence-corrected chi connectivity index (χ0v) is 27.9. The lowest BCUT2D eigenvalue weighted by molar-refractivity contribution is 0.768. The Morgan fingerprint density at radius 1 is 0.420 bits per heavy atom. The summed E-state index contributed by atoms with van der Waals surface area (Å²) < 4.78 is 2.52. The van der Waals surface area contributed by atoms with Crippen molar-refractivity contribution in [3.63, 3.8) is 0 Å². The van der Waals surface area contributed by atoms with Gasteiger partial charge < -0.3 is 0 Å². The van der Waals surface area contributed by atoms with E-state index in [2.05, 4.69) is 176 Å². The highest BCUT2D eigenvalue weighted by Crippen LogP contribution is 2.58. The third kappa shape index (κ3) is 4.27. The van der Waals surface area contributed by atoms with Crippen molar-refractivity contribution in [2.24, 2.45) is 0 Å². The Morgan fingerprint density at radius 2 is 0.960 bits per heavy atom. The minimum absolute atomic E-state index is 0.481. The van der Waals surface area contributed by atoms with Crippen LogP contribution in [0.25, 0.3) is 65.2 Å². The second kappa shape index (κ2) is 11.5. The Balaban J connectivity index is 1.28. The molecular weight excluding hydrogens is 625 g/mol. The molecule has 0 saturated heterocycles. The molecule has 0 unspecified atom stereocenters. The number of nitrogens with zero attached hydrogens (tertiary/aromatic N) is 2. The molecule has 1 aliphatic rings. The molecule has 0 amide bonds. The van der Waals surface area contributed by atoms with E-state index in [1.807, 2.05) is 17.4 Å². The molecule has 3 heteroatoms. The third-order valence-electron chi connectivity index (χ3n) is 10.2.